The number of amides is 1. The zero-order chi connectivity index (χ0) is 21.0. The maximum atomic E-state index is 12.9. The number of carbonyl (C=O) groups excluding carboxylic acids is 1. The van der Waals surface area contributed by atoms with Gasteiger partial charge < -0.3 is 5.32 Å². The molecule has 0 saturated carbocycles. The molecule has 1 aliphatic heterocycles. The molecule has 29 heavy (non-hydrogen) atoms. The average molecular weight is 436 g/mol. The van der Waals surface area contributed by atoms with Crippen molar-refractivity contribution in [2.24, 2.45) is 11.1 Å². The number of rotatable bonds is 7. The lowest BCUT2D eigenvalue weighted by molar-refractivity contribution is -0.126. The molecule has 0 bridgehead atoms. The van der Waals surface area contributed by atoms with E-state index in [1.807, 2.05) is 17.5 Å². The Morgan fingerprint density at radius 3 is 2.34 bits per heavy atom. The molecule has 1 aliphatic rings. The predicted octanol–water partition coefficient (Wildman–Crippen LogP) is 3.38. The van der Waals surface area contributed by atoms with Crippen molar-refractivity contribution in [3.63, 3.8) is 0 Å². The van der Waals surface area contributed by atoms with Crippen molar-refractivity contribution < 1.29 is 13.2 Å². The van der Waals surface area contributed by atoms with Crippen LogP contribution in [0.2, 0.25) is 0 Å². The second-order valence-electron chi connectivity index (χ2n) is 7.65. The van der Waals surface area contributed by atoms with Crippen molar-refractivity contribution in [1.82, 2.24) is 9.62 Å². The van der Waals surface area contributed by atoms with Crippen molar-refractivity contribution in [3.8, 4) is 0 Å². The molecule has 8 heteroatoms. The van der Waals surface area contributed by atoms with Gasteiger partial charge in [-0.3, -0.25) is 4.79 Å². The lowest BCUT2D eigenvalue weighted by Gasteiger charge is -2.30. The van der Waals surface area contributed by atoms with Crippen LogP contribution in [0.5, 0.6) is 0 Å². The van der Waals surface area contributed by atoms with E-state index < -0.39 is 10.2 Å². The first-order chi connectivity index (χ1) is 13.8. The van der Waals surface area contributed by atoms with Gasteiger partial charge in [-0.25, -0.2) is 5.14 Å². The van der Waals surface area contributed by atoms with Gasteiger partial charge in [-0.1, -0.05) is 44.2 Å². The summed E-state index contributed by atoms with van der Waals surface area (Å²) in [5.74, 6) is 0.251. The van der Waals surface area contributed by atoms with Crippen LogP contribution >= 0.6 is 11.3 Å². The molecule has 2 aromatic rings. The van der Waals surface area contributed by atoms with E-state index in [0.717, 1.165) is 16.9 Å². The summed E-state index contributed by atoms with van der Waals surface area (Å²) >= 11 is 1.61. The van der Waals surface area contributed by atoms with E-state index in [1.165, 1.54) is 9.87 Å². The van der Waals surface area contributed by atoms with Gasteiger partial charge in [0, 0.05) is 23.9 Å². The summed E-state index contributed by atoms with van der Waals surface area (Å²) in [5, 5.41) is 10.4. The highest BCUT2D eigenvalue weighted by Crippen LogP contribution is 2.29. The van der Waals surface area contributed by atoms with E-state index in [4.69, 9.17) is 5.14 Å². The van der Waals surface area contributed by atoms with Crippen LogP contribution in [0.25, 0.3) is 0 Å². The summed E-state index contributed by atoms with van der Waals surface area (Å²) in [5.41, 5.74) is 2.35. The third kappa shape index (κ3) is 5.45. The van der Waals surface area contributed by atoms with E-state index in [2.05, 4.69) is 43.4 Å². The monoisotopic (exact) mass is 435 g/mol. The van der Waals surface area contributed by atoms with Crippen LogP contribution in [0.4, 0.5) is 0 Å². The highest BCUT2D eigenvalue weighted by Gasteiger charge is 2.31. The van der Waals surface area contributed by atoms with Crippen molar-refractivity contribution in [3.05, 3.63) is 57.8 Å². The molecule has 0 aliphatic carbocycles. The molecule has 3 N–H and O–H groups in total. The number of thiophene rings is 1. The smallest absolute Gasteiger partial charge is 0.276 e. The van der Waals surface area contributed by atoms with E-state index in [-0.39, 0.29) is 31.0 Å². The van der Waals surface area contributed by atoms with Gasteiger partial charge in [-0.05, 0) is 47.8 Å². The van der Waals surface area contributed by atoms with Gasteiger partial charge in [0.1, 0.15) is 0 Å². The SMILES string of the molecule is CCC(C)c1ccc(C(NC(=O)C2CCN(S(N)(=O)=O)CC2)c2cccs2)cc1. The van der Waals surface area contributed by atoms with Crippen LogP contribution < -0.4 is 10.5 Å². The normalized spacial score (nSPS) is 18.3. The standard InChI is InChI=1S/C21H29N3O3S2/c1-3-15(2)16-6-8-17(9-7-16)20(19-5-4-14-28-19)23-21(25)18-10-12-24(13-11-18)29(22,26)27/h4-9,14-15,18,20H,3,10-13H2,1-2H3,(H,23,25)(H2,22,26,27). The Balaban J connectivity index is 1.73. The second kappa shape index (κ2) is 9.38. The van der Waals surface area contributed by atoms with Gasteiger partial charge in [-0.15, -0.1) is 11.3 Å². The third-order valence-electron chi connectivity index (χ3n) is 5.75. The zero-order valence-corrected chi connectivity index (χ0v) is 18.5. The van der Waals surface area contributed by atoms with Crippen LogP contribution in [0.1, 0.15) is 61.1 Å². The van der Waals surface area contributed by atoms with Crippen molar-refractivity contribution in [2.45, 2.75) is 45.1 Å². The maximum absolute atomic E-state index is 12.9. The van der Waals surface area contributed by atoms with Crippen LogP contribution in [0.15, 0.2) is 41.8 Å². The number of piperidine rings is 1. The summed E-state index contributed by atoms with van der Waals surface area (Å²) in [7, 11) is -3.69. The number of hydrogen-bond acceptors (Lipinski definition) is 4. The van der Waals surface area contributed by atoms with E-state index >= 15 is 0 Å². The van der Waals surface area contributed by atoms with Gasteiger partial charge >= 0.3 is 0 Å². The van der Waals surface area contributed by atoms with Crippen LogP contribution in [-0.4, -0.2) is 31.7 Å². The minimum Gasteiger partial charge on any atom is -0.344 e. The predicted molar refractivity (Wildman–Crippen MR) is 117 cm³/mol. The minimum atomic E-state index is -3.69. The van der Waals surface area contributed by atoms with Crippen LogP contribution in [0.3, 0.4) is 0 Å². The quantitative estimate of drug-likeness (QED) is 0.698. The molecule has 158 valence electrons. The molecule has 0 radical (unpaired) electrons. The van der Waals surface area contributed by atoms with Gasteiger partial charge in [0.05, 0.1) is 6.04 Å². The third-order valence-corrected chi connectivity index (χ3v) is 7.77. The topological polar surface area (TPSA) is 92.5 Å². The Bertz CT molecular complexity index is 903. The first-order valence-electron chi connectivity index (χ1n) is 10.0. The molecular formula is C21H29N3O3S2. The van der Waals surface area contributed by atoms with Crippen LogP contribution in [0, 0.1) is 5.92 Å². The maximum Gasteiger partial charge on any atom is 0.276 e. The Morgan fingerprint density at radius 1 is 1.21 bits per heavy atom. The molecule has 2 heterocycles. The molecule has 3 rings (SSSR count). The molecule has 1 amide bonds. The second-order valence-corrected chi connectivity index (χ2v) is 10.2. The highest BCUT2D eigenvalue weighted by atomic mass is 32.2. The Morgan fingerprint density at radius 2 is 1.83 bits per heavy atom. The number of nitrogens with two attached hydrogens (primary N) is 1. The van der Waals surface area contributed by atoms with Crippen molar-refractivity contribution >= 4 is 27.5 Å². The number of carbonyl (C=O) groups is 1. The largest absolute Gasteiger partial charge is 0.344 e. The van der Waals surface area contributed by atoms with E-state index in [1.54, 1.807) is 11.3 Å². The summed E-state index contributed by atoms with van der Waals surface area (Å²) < 4.78 is 24.2. The van der Waals surface area contributed by atoms with Gasteiger partial charge in [-0.2, -0.15) is 12.7 Å². The van der Waals surface area contributed by atoms with Gasteiger partial charge in [0.25, 0.3) is 10.2 Å². The molecule has 1 saturated heterocycles. The Hall–Kier alpha value is -1.74. The highest BCUT2D eigenvalue weighted by molar-refractivity contribution is 7.86. The molecule has 1 aromatic carbocycles. The molecule has 2 unspecified atom stereocenters. The fourth-order valence-corrected chi connectivity index (χ4v) is 5.18. The summed E-state index contributed by atoms with van der Waals surface area (Å²) in [6.45, 7) is 4.95. The fourth-order valence-electron chi connectivity index (χ4n) is 3.66. The van der Waals surface area contributed by atoms with Crippen molar-refractivity contribution in [1.29, 1.82) is 0 Å². The minimum absolute atomic E-state index is 0.0385. The first-order valence-corrected chi connectivity index (χ1v) is 12.4. The Kier molecular flexibility index (Phi) is 7.10. The molecular weight excluding hydrogens is 406 g/mol. The molecule has 0 spiro atoms. The first kappa shape index (κ1) is 22.0. The lowest BCUT2D eigenvalue weighted by atomic mass is 9.94. The number of hydrogen-bond donors (Lipinski definition) is 2. The van der Waals surface area contributed by atoms with E-state index in [9.17, 15) is 13.2 Å². The molecule has 1 aromatic heterocycles. The summed E-state index contributed by atoms with van der Waals surface area (Å²) in [4.78, 5) is 14.0. The summed E-state index contributed by atoms with van der Waals surface area (Å²) in [6.07, 6.45) is 2.04. The Labute approximate surface area is 177 Å². The molecule has 6 nitrogen and oxygen atoms in total. The lowest BCUT2D eigenvalue weighted by Crippen LogP contribution is -2.45. The van der Waals surface area contributed by atoms with Crippen LogP contribution in [-0.2, 0) is 15.0 Å². The molecule has 1 fully saturated rings. The number of nitrogens with one attached hydrogen (secondary N) is 1. The van der Waals surface area contributed by atoms with Gasteiger partial charge in [0.2, 0.25) is 5.91 Å². The van der Waals surface area contributed by atoms with Gasteiger partial charge in [0.15, 0.2) is 0 Å². The average Bonchev–Trinajstić information content (AvgIpc) is 3.25. The molecule has 2 atom stereocenters. The van der Waals surface area contributed by atoms with E-state index in [0.29, 0.717) is 18.8 Å². The summed E-state index contributed by atoms with van der Waals surface area (Å²) in [6, 6.07) is 12.3. The number of benzene rings is 1. The van der Waals surface area contributed by atoms with Crippen molar-refractivity contribution in [2.75, 3.05) is 13.1 Å². The zero-order valence-electron chi connectivity index (χ0n) is 16.9. The fraction of sp³-hybridized carbons (Fsp3) is 0.476. The number of nitrogens with zero attached hydrogens (tertiary/aromatic N) is 1.